The number of aryl methyl sites for hydroxylation is 1. The minimum Gasteiger partial charge on any atom is -0.487 e. The quantitative estimate of drug-likeness (QED) is 0.645. The van der Waals surface area contributed by atoms with Gasteiger partial charge in [-0.3, -0.25) is 0 Å². The maximum Gasteiger partial charge on any atom is 0.231 e. The Balaban J connectivity index is 1.35. The second kappa shape index (κ2) is 8.66. The first-order valence-corrected chi connectivity index (χ1v) is 11.0. The second-order valence-corrected chi connectivity index (χ2v) is 8.47. The molecule has 29 heavy (non-hydrogen) atoms. The van der Waals surface area contributed by atoms with Crippen LogP contribution in [0.1, 0.15) is 63.5 Å². The number of nitrogens with one attached hydrogen (secondary N) is 1. The highest BCUT2D eigenvalue weighted by atomic mass is 16.7. The van der Waals surface area contributed by atoms with Gasteiger partial charge in [-0.15, -0.1) is 0 Å². The second-order valence-electron chi connectivity index (χ2n) is 8.47. The van der Waals surface area contributed by atoms with Crippen molar-refractivity contribution >= 4 is 0 Å². The summed E-state index contributed by atoms with van der Waals surface area (Å²) >= 11 is 0. The van der Waals surface area contributed by atoms with Crippen molar-refractivity contribution in [2.24, 2.45) is 0 Å². The zero-order chi connectivity index (χ0) is 20.3. The van der Waals surface area contributed by atoms with Gasteiger partial charge in [0.1, 0.15) is 11.4 Å². The largest absolute Gasteiger partial charge is 0.487 e. The maximum atomic E-state index is 6.45. The minimum absolute atomic E-state index is 0.0313. The Bertz CT molecular complexity index is 831. The predicted molar refractivity (Wildman–Crippen MR) is 116 cm³/mol. The molecule has 0 amide bonds. The van der Waals surface area contributed by atoms with E-state index in [1.165, 1.54) is 11.1 Å². The number of benzene rings is 2. The molecule has 0 radical (unpaired) electrons. The van der Waals surface area contributed by atoms with E-state index in [2.05, 4.69) is 62.5 Å². The molecular weight excluding hydrogens is 362 g/mol. The van der Waals surface area contributed by atoms with Crippen molar-refractivity contribution in [1.82, 2.24) is 5.32 Å². The molecule has 156 valence electrons. The molecule has 2 aliphatic rings. The third-order valence-corrected chi connectivity index (χ3v) is 6.61. The zero-order valence-electron chi connectivity index (χ0n) is 17.9. The monoisotopic (exact) mass is 395 g/mol. The van der Waals surface area contributed by atoms with Crippen LogP contribution in [0.5, 0.6) is 17.2 Å². The van der Waals surface area contributed by atoms with Gasteiger partial charge in [0.25, 0.3) is 0 Å². The highest BCUT2D eigenvalue weighted by molar-refractivity contribution is 5.44. The summed E-state index contributed by atoms with van der Waals surface area (Å²) in [6.45, 7) is 8.10. The first kappa shape index (κ1) is 20.1. The molecule has 2 aromatic rings. The molecule has 2 aliphatic heterocycles. The molecule has 0 aromatic heterocycles. The summed E-state index contributed by atoms with van der Waals surface area (Å²) in [5.41, 5.74) is 2.62. The van der Waals surface area contributed by atoms with Crippen LogP contribution in [-0.4, -0.2) is 25.0 Å². The van der Waals surface area contributed by atoms with Crippen molar-refractivity contribution in [2.75, 3.05) is 13.3 Å². The highest BCUT2D eigenvalue weighted by Crippen LogP contribution is 2.43. The fourth-order valence-corrected chi connectivity index (χ4v) is 4.53. The molecule has 2 aromatic carbocycles. The van der Waals surface area contributed by atoms with Gasteiger partial charge in [-0.05, 0) is 68.4 Å². The number of hydrogen-bond donors (Lipinski definition) is 1. The van der Waals surface area contributed by atoms with Crippen LogP contribution in [-0.2, 0) is 6.42 Å². The van der Waals surface area contributed by atoms with Gasteiger partial charge in [0.2, 0.25) is 6.79 Å². The Morgan fingerprint density at radius 1 is 1.03 bits per heavy atom. The first-order valence-electron chi connectivity index (χ1n) is 11.0. The SMILES string of the molecule is CCC1(CC)CC(CNC(C)CCc2ccc3c(c2)OCO3)c2ccccc2O1. The molecular formula is C25H33NO3. The average Bonchev–Trinajstić information content (AvgIpc) is 3.23. The molecule has 0 spiro atoms. The molecule has 0 saturated carbocycles. The maximum absolute atomic E-state index is 6.45. The summed E-state index contributed by atoms with van der Waals surface area (Å²) in [5, 5.41) is 3.79. The molecule has 2 heterocycles. The fourth-order valence-electron chi connectivity index (χ4n) is 4.53. The van der Waals surface area contributed by atoms with Gasteiger partial charge >= 0.3 is 0 Å². The summed E-state index contributed by atoms with van der Waals surface area (Å²) in [7, 11) is 0. The lowest BCUT2D eigenvalue weighted by Crippen LogP contribution is -2.43. The Labute approximate surface area is 174 Å². The standard InChI is InChI=1S/C25H33NO3/c1-4-25(5-2)15-20(21-8-6-7-9-22(21)29-25)16-26-18(3)10-11-19-12-13-23-24(14-19)28-17-27-23/h6-9,12-14,18,20,26H,4-5,10-11,15-17H2,1-3H3. The van der Waals surface area contributed by atoms with Gasteiger partial charge in [0.05, 0.1) is 0 Å². The number of ether oxygens (including phenoxy) is 3. The molecule has 0 fully saturated rings. The fraction of sp³-hybridized carbons (Fsp3) is 0.520. The van der Waals surface area contributed by atoms with Crippen LogP contribution in [0.4, 0.5) is 0 Å². The van der Waals surface area contributed by atoms with Gasteiger partial charge in [0.15, 0.2) is 11.5 Å². The third-order valence-electron chi connectivity index (χ3n) is 6.61. The highest BCUT2D eigenvalue weighted by Gasteiger charge is 2.38. The van der Waals surface area contributed by atoms with Crippen LogP contribution in [0.2, 0.25) is 0 Å². The summed E-state index contributed by atoms with van der Waals surface area (Å²) in [4.78, 5) is 0. The van der Waals surface area contributed by atoms with E-state index < -0.39 is 0 Å². The topological polar surface area (TPSA) is 39.7 Å². The van der Waals surface area contributed by atoms with Crippen LogP contribution >= 0.6 is 0 Å². The lowest BCUT2D eigenvalue weighted by atomic mass is 9.79. The van der Waals surface area contributed by atoms with Gasteiger partial charge < -0.3 is 19.5 Å². The molecule has 0 aliphatic carbocycles. The zero-order valence-corrected chi connectivity index (χ0v) is 17.9. The average molecular weight is 396 g/mol. The number of hydrogen-bond acceptors (Lipinski definition) is 4. The van der Waals surface area contributed by atoms with Crippen molar-refractivity contribution in [1.29, 1.82) is 0 Å². The first-order chi connectivity index (χ1) is 14.1. The van der Waals surface area contributed by atoms with Gasteiger partial charge in [-0.2, -0.15) is 0 Å². The van der Waals surface area contributed by atoms with Crippen LogP contribution in [0.3, 0.4) is 0 Å². The molecule has 2 atom stereocenters. The lowest BCUT2D eigenvalue weighted by Gasteiger charge is -2.42. The van der Waals surface area contributed by atoms with Gasteiger partial charge in [0, 0.05) is 18.5 Å². The number of fused-ring (bicyclic) bond motifs is 2. The lowest BCUT2D eigenvalue weighted by molar-refractivity contribution is 0.0271. The van der Waals surface area contributed by atoms with E-state index in [4.69, 9.17) is 14.2 Å². The molecule has 4 nitrogen and oxygen atoms in total. The van der Waals surface area contributed by atoms with Crippen molar-refractivity contribution < 1.29 is 14.2 Å². The van der Waals surface area contributed by atoms with Crippen LogP contribution in [0.25, 0.3) is 0 Å². The Hall–Kier alpha value is -2.20. The van der Waals surface area contributed by atoms with Gasteiger partial charge in [-0.1, -0.05) is 38.1 Å². The molecule has 0 saturated heterocycles. The minimum atomic E-state index is -0.0313. The summed E-state index contributed by atoms with van der Waals surface area (Å²) < 4.78 is 17.3. The third kappa shape index (κ3) is 4.37. The molecule has 4 heteroatoms. The summed E-state index contributed by atoms with van der Waals surface area (Å²) in [6, 6.07) is 15.3. The summed E-state index contributed by atoms with van der Waals surface area (Å²) in [5.74, 6) is 3.29. The number of rotatable bonds is 8. The van der Waals surface area contributed by atoms with E-state index in [1.807, 2.05) is 6.07 Å². The van der Waals surface area contributed by atoms with Crippen molar-refractivity contribution in [2.45, 2.75) is 70.4 Å². The van der Waals surface area contributed by atoms with Crippen LogP contribution in [0.15, 0.2) is 42.5 Å². The molecule has 0 bridgehead atoms. The van der Waals surface area contributed by atoms with Crippen molar-refractivity contribution in [3.05, 3.63) is 53.6 Å². The molecule has 1 N–H and O–H groups in total. The Morgan fingerprint density at radius 3 is 2.66 bits per heavy atom. The molecule has 4 rings (SSSR count). The normalized spacial score (nSPS) is 20.0. The Morgan fingerprint density at radius 2 is 1.83 bits per heavy atom. The van der Waals surface area contributed by atoms with Gasteiger partial charge in [-0.25, -0.2) is 0 Å². The Kier molecular flexibility index (Phi) is 6.00. The van der Waals surface area contributed by atoms with Crippen LogP contribution < -0.4 is 19.5 Å². The van der Waals surface area contributed by atoms with E-state index in [1.54, 1.807) is 0 Å². The van der Waals surface area contributed by atoms with Crippen molar-refractivity contribution in [3.63, 3.8) is 0 Å². The smallest absolute Gasteiger partial charge is 0.231 e. The van der Waals surface area contributed by atoms with E-state index >= 15 is 0 Å². The number of para-hydroxylation sites is 1. The van der Waals surface area contributed by atoms with Crippen LogP contribution in [0, 0.1) is 0 Å². The molecule has 2 unspecified atom stereocenters. The van der Waals surface area contributed by atoms with Crippen molar-refractivity contribution in [3.8, 4) is 17.2 Å². The summed E-state index contributed by atoms with van der Waals surface area (Å²) in [6.07, 6.45) is 5.31. The van der Waals surface area contributed by atoms with E-state index in [0.717, 1.165) is 55.9 Å². The van der Waals surface area contributed by atoms with E-state index in [-0.39, 0.29) is 5.60 Å². The van der Waals surface area contributed by atoms with E-state index in [0.29, 0.717) is 18.8 Å². The van der Waals surface area contributed by atoms with E-state index in [9.17, 15) is 0 Å². The predicted octanol–water partition coefficient (Wildman–Crippen LogP) is 5.45.